The van der Waals surface area contributed by atoms with Crippen LogP contribution in [0.2, 0.25) is 0 Å². The first kappa shape index (κ1) is 25.9. The summed E-state index contributed by atoms with van der Waals surface area (Å²) in [6, 6.07) is 14.2. The van der Waals surface area contributed by atoms with Gasteiger partial charge in [0.1, 0.15) is 24.2 Å². The lowest BCUT2D eigenvalue weighted by atomic mass is 9.99. The van der Waals surface area contributed by atoms with Crippen LogP contribution in [-0.4, -0.2) is 36.6 Å². The quantitative estimate of drug-likeness (QED) is 0.264. The van der Waals surface area contributed by atoms with Gasteiger partial charge in [-0.1, -0.05) is 24.3 Å². The van der Waals surface area contributed by atoms with Gasteiger partial charge >= 0.3 is 5.97 Å². The molecule has 3 aromatic rings. The Bertz CT molecular complexity index is 1150. The third-order valence-corrected chi connectivity index (χ3v) is 5.99. The van der Waals surface area contributed by atoms with E-state index in [9.17, 15) is 19.5 Å². The lowest BCUT2D eigenvalue weighted by Gasteiger charge is -2.23. The van der Waals surface area contributed by atoms with Crippen molar-refractivity contribution >= 4 is 29.5 Å². The van der Waals surface area contributed by atoms with Crippen LogP contribution in [-0.2, 0) is 20.9 Å². The monoisotopic (exact) mass is 497 g/mol. The van der Waals surface area contributed by atoms with Gasteiger partial charge in [0.15, 0.2) is 12.5 Å². The molecule has 0 fully saturated rings. The second-order valence-corrected chi connectivity index (χ2v) is 8.52. The second-order valence-electron chi connectivity index (χ2n) is 7.74. The number of carboxylic acid groups (broad SMARTS) is 1. The number of methoxy groups -OCH3 is 1. The molecule has 1 amide bonds. The molecular formula is C26H27NO7S. The lowest BCUT2D eigenvalue weighted by molar-refractivity contribution is -0.137. The number of benzene rings is 2. The molecule has 0 spiro atoms. The minimum absolute atomic E-state index is 0.119. The van der Waals surface area contributed by atoms with Crippen molar-refractivity contribution in [1.29, 1.82) is 0 Å². The number of aliphatic carboxylic acids is 1. The molecule has 2 aromatic carbocycles. The average molecular weight is 498 g/mol. The Hall–Kier alpha value is -3.69. The molecule has 0 saturated carbocycles. The topological polar surface area (TPSA) is 111 Å². The summed E-state index contributed by atoms with van der Waals surface area (Å²) in [5, 5.41) is 15.7. The van der Waals surface area contributed by atoms with Gasteiger partial charge in [0.25, 0.3) is 5.91 Å². The third kappa shape index (κ3) is 7.40. The number of aldehydes is 1. The Labute approximate surface area is 207 Å². The van der Waals surface area contributed by atoms with Gasteiger partial charge < -0.3 is 24.6 Å². The summed E-state index contributed by atoms with van der Waals surface area (Å²) in [4.78, 5) is 35.4. The molecule has 1 aromatic heterocycles. The normalized spacial score (nSPS) is 12.4. The number of carboxylic acids is 1. The molecule has 3 rings (SSSR count). The Morgan fingerprint density at radius 3 is 2.63 bits per heavy atom. The van der Waals surface area contributed by atoms with Gasteiger partial charge in [-0.05, 0) is 59.0 Å². The molecule has 0 aliphatic rings. The molecule has 0 radical (unpaired) electrons. The highest BCUT2D eigenvalue weighted by molar-refractivity contribution is 7.07. The number of thiophene rings is 1. The molecule has 35 heavy (non-hydrogen) atoms. The zero-order chi connectivity index (χ0) is 25.2. The lowest BCUT2D eigenvalue weighted by Crippen LogP contribution is -2.37. The fourth-order valence-corrected chi connectivity index (χ4v) is 4.06. The van der Waals surface area contributed by atoms with Crippen LogP contribution in [0, 0.1) is 6.92 Å². The highest BCUT2D eigenvalue weighted by atomic mass is 32.1. The minimum atomic E-state index is -1.12. The highest BCUT2D eigenvalue weighted by Gasteiger charge is 2.23. The van der Waals surface area contributed by atoms with Crippen molar-refractivity contribution < 1.29 is 33.7 Å². The summed E-state index contributed by atoms with van der Waals surface area (Å²) in [5.41, 5.74) is 2.91. The fraction of sp³-hybridized carbons (Fsp3) is 0.269. The summed E-state index contributed by atoms with van der Waals surface area (Å²) in [6.07, 6.45) is -1.21. The Balaban J connectivity index is 1.95. The SMILES string of the molecule is COC(C=O)NC(=O)c1ccc(OCc2ccsc2)cc1O[C@@H](CCC(=O)O)c1ccccc1C. The van der Waals surface area contributed by atoms with Crippen molar-refractivity contribution in [2.45, 2.75) is 38.7 Å². The van der Waals surface area contributed by atoms with Gasteiger partial charge in [-0.15, -0.1) is 0 Å². The molecule has 1 unspecified atom stereocenters. The van der Waals surface area contributed by atoms with E-state index in [1.807, 2.05) is 48.0 Å². The summed E-state index contributed by atoms with van der Waals surface area (Å²) in [5.74, 6) is -0.857. The van der Waals surface area contributed by atoms with E-state index in [1.54, 1.807) is 23.5 Å². The first-order valence-corrected chi connectivity index (χ1v) is 11.9. The van der Waals surface area contributed by atoms with E-state index in [2.05, 4.69) is 5.32 Å². The fourth-order valence-electron chi connectivity index (χ4n) is 3.41. The molecule has 2 N–H and O–H groups in total. The Morgan fingerprint density at radius 1 is 1.17 bits per heavy atom. The molecule has 1 heterocycles. The van der Waals surface area contributed by atoms with Crippen molar-refractivity contribution in [2.24, 2.45) is 0 Å². The van der Waals surface area contributed by atoms with E-state index in [0.29, 0.717) is 18.6 Å². The minimum Gasteiger partial charge on any atom is -0.489 e. The average Bonchev–Trinajstić information content (AvgIpc) is 3.38. The van der Waals surface area contributed by atoms with Crippen molar-refractivity contribution in [3.8, 4) is 11.5 Å². The molecule has 2 atom stereocenters. The first-order chi connectivity index (χ1) is 16.9. The van der Waals surface area contributed by atoms with Crippen LogP contribution in [0.15, 0.2) is 59.3 Å². The highest BCUT2D eigenvalue weighted by Crippen LogP contribution is 2.33. The maximum Gasteiger partial charge on any atom is 0.303 e. The smallest absolute Gasteiger partial charge is 0.303 e. The Kier molecular flexibility index (Phi) is 9.39. The number of rotatable bonds is 13. The number of ether oxygens (including phenoxy) is 3. The van der Waals surface area contributed by atoms with Crippen molar-refractivity contribution in [3.05, 3.63) is 81.5 Å². The van der Waals surface area contributed by atoms with E-state index in [1.165, 1.54) is 13.2 Å². The van der Waals surface area contributed by atoms with Crippen LogP contribution < -0.4 is 14.8 Å². The number of carbonyl (C=O) groups is 3. The van der Waals surface area contributed by atoms with Crippen molar-refractivity contribution in [1.82, 2.24) is 5.32 Å². The molecule has 0 bridgehead atoms. The first-order valence-electron chi connectivity index (χ1n) is 10.9. The summed E-state index contributed by atoms with van der Waals surface area (Å²) in [6.45, 7) is 2.25. The van der Waals surface area contributed by atoms with E-state index in [0.717, 1.165) is 16.7 Å². The van der Waals surface area contributed by atoms with E-state index >= 15 is 0 Å². The zero-order valence-corrected chi connectivity index (χ0v) is 20.2. The van der Waals surface area contributed by atoms with E-state index in [4.69, 9.17) is 14.2 Å². The van der Waals surface area contributed by atoms with Crippen LogP contribution in [0.1, 0.15) is 46.0 Å². The third-order valence-electron chi connectivity index (χ3n) is 5.26. The van der Waals surface area contributed by atoms with E-state index in [-0.39, 0.29) is 24.2 Å². The number of hydrogen-bond acceptors (Lipinski definition) is 7. The van der Waals surface area contributed by atoms with Crippen LogP contribution >= 0.6 is 11.3 Å². The molecule has 0 aliphatic carbocycles. The predicted octanol–water partition coefficient (Wildman–Crippen LogP) is 4.52. The molecule has 9 heteroatoms. The second kappa shape index (κ2) is 12.7. The maximum absolute atomic E-state index is 12.9. The van der Waals surface area contributed by atoms with Gasteiger partial charge in [0.2, 0.25) is 0 Å². The van der Waals surface area contributed by atoms with Crippen molar-refractivity contribution in [2.75, 3.05) is 7.11 Å². The van der Waals surface area contributed by atoms with Gasteiger partial charge in [-0.3, -0.25) is 14.4 Å². The van der Waals surface area contributed by atoms with Crippen molar-refractivity contribution in [3.63, 3.8) is 0 Å². The van der Waals surface area contributed by atoms with Crippen LogP contribution in [0.4, 0.5) is 0 Å². The molecule has 0 aliphatic heterocycles. The number of aryl methyl sites for hydroxylation is 1. The van der Waals surface area contributed by atoms with E-state index < -0.39 is 24.2 Å². The number of amides is 1. The van der Waals surface area contributed by atoms with Gasteiger partial charge in [0.05, 0.1) is 5.56 Å². The molecular weight excluding hydrogens is 470 g/mol. The predicted molar refractivity (Wildman–Crippen MR) is 131 cm³/mol. The number of nitrogens with one attached hydrogen (secondary N) is 1. The summed E-state index contributed by atoms with van der Waals surface area (Å²) < 4.78 is 17.1. The van der Waals surface area contributed by atoms with Gasteiger partial charge in [-0.2, -0.15) is 11.3 Å². The zero-order valence-electron chi connectivity index (χ0n) is 19.4. The number of hydrogen-bond donors (Lipinski definition) is 2. The number of carbonyl (C=O) groups excluding carboxylic acids is 2. The van der Waals surface area contributed by atoms with Crippen LogP contribution in [0.3, 0.4) is 0 Å². The molecule has 0 saturated heterocycles. The summed E-state index contributed by atoms with van der Waals surface area (Å²) in [7, 11) is 1.30. The maximum atomic E-state index is 12.9. The Morgan fingerprint density at radius 2 is 1.97 bits per heavy atom. The van der Waals surface area contributed by atoms with Crippen LogP contribution in [0.25, 0.3) is 0 Å². The molecule has 8 nitrogen and oxygen atoms in total. The standard InChI is InChI=1S/C26H27NO7S/c1-17-5-3-4-6-20(17)22(9-10-25(29)30)34-23-13-19(33-15-18-11-12-35-16-18)7-8-21(23)26(31)27-24(14-28)32-2/h3-8,11-14,16,22,24H,9-10,15H2,1-2H3,(H,27,31)(H,29,30)/t22-,24?/m0/s1. The van der Waals surface area contributed by atoms with Gasteiger partial charge in [-0.25, -0.2) is 0 Å². The largest absolute Gasteiger partial charge is 0.489 e. The summed E-state index contributed by atoms with van der Waals surface area (Å²) >= 11 is 1.56. The van der Waals surface area contributed by atoms with Gasteiger partial charge in [0, 0.05) is 19.6 Å². The van der Waals surface area contributed by atoms with Crippen LogP contribution in [0.5, 0.6) is 11.5 Å². The molecule has 184 valence electrons.